The lowest BCUT2D eigenvalue weighted by Crippen LogP contribution is -2.47. The van der Waals surface area contributed by atoms with Crippen LogP contribution in [0.4, 0.5) is 0 Å². The molecule has 2 fully saturated rings. The van der Waals surface area contributed by atoms with Crippen LogP contribution in [0.25, 0.3) is 0 Å². The second-order valence-corrected chi connectivity index (χ2v) is 20.7. The van der Waals surface area contributed by atoms with Gasteiger partial charge in [0.2, 0.25) is 0 Å². The summed E-state index contributed by atoms with van der Waals surface area (Å²) in [5.74, 6) is 1.92. The summed E-state index contributed by atoms with van der Waals surface area (Å²) in [4.78, 5) is 54.7. The van der Waals surface area contributed by atoms with E-state index in [4.69, 9.17) is 32.7 Å². The van der Waals surface area contributed by atoms with E-state index in [9.17, 15) is 19.2 Å². The Morgan fingerprint density at radius 2 is 0.892 bits per heavy atom. The number of ketones is 3. The summed E-state index contributed by atoms with van der Waals surface area (Å²) in [7, 11) is 0. The number of benzene rings is 6. The summed E-state index contributed by atoms with van der Waals surface area (Å²) in [6.45, 7) is 9.61. The third-order valence-electron chi connectivity index (χ3n) is 14.9. The van der Waals surface area contributed by atoms with Gasteiger partial charge in [0.1, 0.15) is 23.6 Å². The van der Waals surface area contributed by atoms with Crippen LogP contribution < -0.4 is 9.47 Å². The largest absolute Gasteiger partial charge is 0.494 e. The van der Waals surface area contributed by atoms with E-state index in [1.54, 1.807) is 48.5 Å². The van der Waals surface area contributed by atoms with Crippen LogP contribution in [0, 0.1) is 0 Å². The van der Waals surface area contributed by atoms with Crippen molar-refractivity contribution >= 4 is 46.8 Å². The van der Waals surface area contributed by atoms with Crippen molar-refractivity contribution in [1.82, 2.24) is 9.80 Å². The van der Waals surface area contributed by atoms with Gasteiger partial charge in [0, 0.05) is 50.6 Å². The van der Waals surface area contributed by atoms with E-state index < -0.39 is 0 Å². The maximum absolute atomic E-state index is 13.2. The first kappa shape index (κ1) is 55.8. The molecule has 6 aromatic rings. The summed E-state index contributed by atoms with van der Waals surface area (Å²) < 4.78 is 11.8. The number of hydrogen-bond acceptors (Lipinski definition) is 8. The summed E-state index contributed by atoms with van der Waals surface area (Å²) in [5, 5.41) is 1.23. The van der Waals surface area contributed by atoms with E-state index >= 15 is 0 Å². The maximum Gasteiger partial charge on any atom is 0.193 e. The molecule has 0 amide bonds. The summed E-state index contributed by atoms with van der Waals surface area (Å²) in [6, 6.07) is 49.5. The minimum Gasteiger partial charge on any atom is -0.494 e. The highest BCUT2D eigenvalue weighted by Crippen LogP contribution is 2.39. The van der Waals surface area contributed by atoms with Gasteiger partial charge in [-0.25, -0.2) is 0 Å². The van der Waals surface area contributed by atoms with Crippen molar-refractivity contribution in [3.8, 4) is 11.5 Å². The van der Waals surface area contributed by atoms with Crippen LogP contribution >= 0.6 is 23.2 Å². The van der Waals surface area contributed by atoms with Crippen molar-refractivity contribution in [3.05, 3.63) is 201 Å². The quantitative estimate of drug-likeness (QED) is 0.0318. The molecule has 0 unspecified atom stereocenters. The van der Waals surface area contributed by atoms with Gasteiger partial charge in [-0.05, 0) is 218 Å². The van der Waals surface area contributed by atoms with Crippen molar-refractivity contribution in [2.24, 2.45) is 0 Å². The molecule has 0 aromatic heterocycles. The summed E-state index contributed by atoms with van der Waals surface area (Å²) >= 11 is 11.8. The summed E-state index contributed by atoms with van der Waals surface area (Å²) in [5.41, 5.74) is 4.70. The fraction of sp³-hybridized carbons (Fsp3) is 0.375. The monoisotopic (exact) mass is 1030 g/mol. The number of likely N-dealkylation sites (tertiary alicyclic amines) is 2. The van der Waals surface area contributed by atoms with Crippen LogP contribution in [0.2, 0.25) is 10.0 Å². The van der Waals surface area contributed by atoms with Crippen LogP contribution in [0.15, 0.2) is 158 Å². The number of aldehydes is 1. The van der Waals surface area contributed by atoms with E-state index in [1.165, 1.54) is 11.1 Å². The van der Waals surface area contributed by atoms with Gasteiger partial charge in [0.25, 0.3) is 0 Å². The van der Waals surface area contributed by atoms with Crippen LogP contribution in [0.5, 0.6) is 11.5 Å². The van der Waals surface area contributed by atoms with Crippen LogP contribution in [-0.4, -0.2) is 85.9 Å². The number of rotatable bonds is 25. The van der Waals surface area contributed by atoms with Crippen molar-refractivity contribution in [2.75, 3.05) is 52.5 Å². The Balaban J connectivity index is 0.000000217. The van der Waals surface area contributed by atoms with E-state index in [1.807, 2.05) is 60.7 Å². The van der Waals surface area contributed by atoms with E-state index in [0.29, 0.717) is 64.1 Å². The molecule has 6 aromatic carbocycles. The maximum atomic E-state index is 13.2. The average Bonchev–Trinajstić information content (AvgIpc) is 3.45. The predicted molar refractivity (Wildman–Crippen MR) is 300 cm³/mol. The standard InChI is InChI=1S/C33H38ClNO3.C31H34ClNO3/c1-2-9-31(36)33(28-10-5-3-6-11-28)20-23-35(24-21-33)22-7-4-8-25-38-30-18-14-27(15-19-30)32(37)26-12-16-29(34)17-13-26;32-28-13-9-25(10-14-28)30(35)26-11-15-29(16-12-26)36-24-6-2-5-20-33-21-17-31(18-22-33,19-23-34)27-7-3-1-4-8-27/h3,5-6,10-19H,2,4,7-9,20-25H2,1H3;1,3-4,7-16,23H,2,5-6,17-22,24H2. The molecule has 0 saturated carbocycles. The molecule has 0 atom stereocenters. The number of halogens is 2. The molecule has 0 bridgehead atoms. The Morgan fingerprint density at radius 3 is 1.30 bits per heavy atom. The number of ether oxygens (including phenoxy) is 2. The van der Waals surface area contributed by atoms with Crippen LogP contribution in [-0.2, 0) is 20.4 Å². The smallest absolute Gasteiger partial charge is 0.193 e. The lowest BCUT2D eigenvalue weighted by Gasteiger charge is -2.41. The predicted octanol–water partition coefficient (Wildman–Crippen LogP) is 14.3. The number of nitrogens with zero attached hydrogens (tertiary/aromatic N) is 2. The van der Waals surface area contributed by atoms with Crippen molar-refractivity contribution in [2.45, 2.75) is 101 Å². The fourth-order valence-corrected chi connectivity index (χ4v) is 10.7. The second-order valence-electron chi connectivity index (χ2n) is 19.9. The summed E-state index contributed by atoms with van der Waals surface area (Å²) in [6.07, 6.45) is 13.6. The second kappa shape index (κ2) is 28.7. The SMILES string of the molecule is CCCC(=O)C1(c2ccccc2)CCN(CCCCCOc2ccc(C(=O)c3ccc(Cl)cc3)cc2)CC1.O=CCC1(c2ccccc2)CCN(CCCCCOc2ccc(C(=O)c3ccc(Cl)cc3)cc2)CC1. The molecule has 2 aliphatic heterocycles. The number of carbonyl (C=O) groups excluding carboxylic acids is 4. The normalized spacial score (nSPS) is 15.3. The van der Waals surface area contributed by atoms with Gasteiger partial charge in [0.05, 0.1) is 18.6 Å². The molecule has 10 heteroatoms. The fourth-order valence-electron chi connectivity index (χ4n) is 10.4. The zero-order valence-corrected chi connectivity index (χ0v) is 44.5. The van der Waals surface area contributed by atoms with Gasteiger partial charge in [-0.2, -0.15) is 0 Å². The topological polar surface area (TPSA) is 93.2 Å². The van der Waals surface area contributed by atoms with Crippen LogP contribution in [0.3, 0.4) is 0 Å². The molecule has 8 rings (SSSR count). The lowest BCUT2D eigenvalue weighted by molar-refractivity contribution is -0.126. The van der Waals surface area contributed by atoms with Gasteiger partial charge in [-0.15, -0.1) is 0 Å². The number of unbranched alkanes of at least 4 members (excludes halogenated alkanes) is 4. The van der Waals surface area contributed by atoms with Gasteiger partial charge >= 0.3 is 0 Å². The van der Waals surface area contributed by atoms with Gasteiger partial charge < -0.3 is 24.1 Å². The molecule has 2 heterocycles. The molecule has 0 radical (unpaired) electrons. The molecule has 388 valence electrons. The number of carbonyl (C=O) groups is 4. The average molecular weight is 1040 g/mol. The number of hydrogen-bond donors (Lipinski definition) is 0. The number of Topliss-reactive ketones (excluding diaryl/α,β-unsaturated/α-hetero) is 1. The van der Waals surface area contributed by atoms with Gasteiger partial charge in [-0.3, -0.25) is 14.4 Å². The Kier molecular flexibility index (Phi) is 21.6. The number of piperidine rings is 2. The first-order valence-corrected chi connectivity index (χ1v) is 27.5. The molecule has 0 N–H and O–H groups in total. The molecule has 74 heavy (non-hydrogen) atoms. The molecular formula is C64H72Cl2N2O6. The highest BCUT2D eigenvalue weighted by atomic mass is 35.5. The van der Waals surface area contributed by atoms with Crippen molar-refractivity contribution in [3.63, 3.8) is 0 Å². The van der Waals surface area contributed by atoms with Crippen LogP contribution in [0.1, 0.15) is 133 Å². The third kappa shape index (κ3) is 15.8. The van der Waals surface area contributed by atoms with Crippen molar-refractivity contribution < 1.29 is 28.7 Å². The molecule has 0 aliphatic carbocycles. The minimum absolute atomic E-state index is 0.00231. The molecular weight excluding hydrogens is 964 g/mol. The Hall–Kier alpha value is -5.90. The van der Waals surface area contributed by atoms with E-state index in [-0.39, 0.29) is 22.4 Å². The lowest BCUT2D eigenvalue weighted by atomic mass is 9.68. The molecule has 0 spiro atoms. The first-order chi connectivity index (χ1) is 36.1. The Morgan fingerprint density at radius 1 is 0.500 bits per heavy atom. The Bertz CT molecular complexity index is 2640. The minimum atomic E-state index is -0.309. The van der Waals surface area contributed by atoms with Gasteiger partial charge in [0.15, 0.2) is 11.6 Å². The first-order valence-electron chi connectivity index (χ1n) is 26.7. The zero-order valence-electron chi connectivity index (χ0n) is 43.0. The zero-order chi connectivity index (χ0) is 52.0. The van der Waals surface area contributed by atoms with Crippen molar-refractivity contribution in [1.29, 1.82) is 0 Å². The van der Waals surface area contributed by atoms with E-state index in [2.05, 4.69) is 65.3 Å². The molecule has 2 saturated heterocycles. The highest BCUT2D eigenvalue weighted by molar-refractivity contribution is 6.31. The van der Waals surface area contributed by atoms with Gasteiger partial charge in [-0.1, -0.05) is 90.8 Å². The van der Waals surface area contributed by atoms with E-state index in [0.717, 1.165) is 128 Å². The molecule has 2 aliphatic rings. The molecule has 8 nitrogen and oxygen atoms in total. The Labute approximate surface area is 449 Å². The third-order valence-corrected chi connectivity index (χ3v) is 15.4. The highest BCUT2D eigenvalue weighted by Gasteiger charge is 2.41.